The van der Waals surface area contributed by atoms with Gasteiger partial charge in [-0.25, -0.2) is 0 Å². The quantitative estimate of drug-likeness (QED) is 0.648. The standard InChI is InChI=1S/C11H23NO2.CH4O/c1-10(2,5-6-13)8-14-9-11(3,4)7-12;1-2/h6H,5,7-9,12H2,1-4H3;2H,1H3. The minimum Gasteiger partial charge on any atom is -0.400 e. The van der Waals surface area contributed by atoms with Gasteiger partial charge in [0.15, 0.2) is 0 Å². The number of rotatable bonds is 7. The largest absolute Gasteiger partial charge is 0.400 e. The lowest BCUT2D eigenvalue weighted by atomic mass is 9.91. The van der Waals surface area contributed by atoms with E-state index < -0.39 is 0 Å². The molecule has 0 aliphatic carbocycles. The maximum Gasteiger partial charge on any atom is 0.120 e. The Morgan fingerprint density at radius 2 is 1.56 bits per heavy atom. The van der Waals surface area contributed by atoms with Gasteiger partial charge < -0.3 is 20.4 Å². The van der Waals surface area contributed by atoms with E-state index in [4.69, 9.17) is 15.6 Å². The Hall–Kier alpha value is -0.450. The molecule has 0 aliphatic heterocycles. The van der Waals surface area contributed by atoms with Gasteiger partial charge in [-0.1, -0.05) is 27.7 Å². The topological polar surface area (TPSA) is 72.5 Å². The first-order valence-electron chi connectivity index (χ1n) is 5.49. The van der Waals surface area contributed by atoms with Crippen LogP contribution in [0.2, 0.25) is 0 Å². The highest BCUT2D eigenvalue weighted by atomic mass is 16.5. The molecule has 0 unspecified atom stereocenters. The van der Waals surface area contributed by atoms with E-state index in [2.05, 4.69) is 13.8 Å². The fourth-order valence-electron chi connectivity index (χ4n) is 0.947. The average molecular weight is 233 g/mol. The van der Waals surface area contributed by atoms with Crippen molar-refractivity contribution in [3.8, 4) is 0 Å². The van der Waals surface area contributed by atoms with Gasteiger partial charge in [0.2, 0.25) is 0 Å². The SMILES string of the molecule is CC(C)(CN)COCC(C)(C)CC=O.CO. The summed E-state index contributed by atoms with van der Waals surface area (Å²) in [6.45, 7) is 10.1. The molecule has 0 radical (unpaired) electrons. The third kappa shape index (κ3) is 10.1. The van der Waals surface area contributed by atoms with Crippen molar-refractivity contribution in [1.82, 2.24) is 0 Å². The van der Waals surface area contributed by atoms with Crippen LogP contribution in [0, 0.1) is 10.8 Å². The molecule has 0 atom stereocenters. The first-order valence-corrected chi connectivity index (χ1v) is 5.49. The molecule has 0 rings (SSSR count). The molecule has 0 bridgehead atoms. The van der Waals surface area contributed by atoms with Gasteiger partial charge >= 0.3 is 0 Å². The Balaban J connectivity index is 0. The maximum atomic E-state index is 10.4. The number of hydrogen-bond donors (Lipinski definition) is 2. The molecule has 3 N–H and O–H groups in total. The molecule has 0 aromatic carbocycles. The van der Waals surface area contributed by atoms with Crippen molar-refractivity contribution in [1.29, 1.82) is 0 Å². The van der Waals surface area contributed by atoms with E-state index in [9.17, 15) is 4.79 Å². The summed E-state index contributed by atoms with van der Waals surface area (Å²) in [6, 6.07) is 0. The highest BCUT2D eigenvalue weighted by Gasteiger charge is 2.21. The minimum absolute atomic E-state index is 0.0251. The molecule has 0 heterocycles. The summed E-state index contributed by atoms with van der Waals surface area (Å²) >= 11 is 0. The van der Waals surface area contributed by atoms with Crippen LogP contribution in [0.1, 0.15) is 34.1 Å². The summed E-state index contributed by atoms with van der Waals surface area (Å²) in [7, 11) is 1.00. The lowest BCUT2D eigenvalue weighted by molar-refractivity contribution is -0.110. The van der Waals surface area contributed by atoms with E-state index in [0.29, 0.717) is 26.2 Å². The normalized spacial score (nSPS) is 11.7. The van der Waals surface area contributed by atoms with Crippen molar-refractivity contribution in [2.75, 3.05) is 26.9 Å². The first-order chi connectivity index (χ1) is 7.33. The Bertz CT molecular complexity index is 179. The molecule has 0 fully saturated rings. The Kier molecular flexibility index (Phi) is 9.72. The van der Waals surface area contributed by atoms with E-state index >= 15 is 0 Å². The predicted molar refractivity (Wildman–Crippen MR) is 66.3 cm³/mol. The molecule has 0 saturated carbocycles. The van der Waals surface area contributed by atoms with Crippen molar-refractivity contribution in [3.05, 3.63) is 0 Å². The van der Waals surface area contributed by atoms with Crippen LogP contribution in [0.3, 0.4) is 0 Å². The maximum absolute atomic E-state index is 10.4. The van der Waals surface area contributed by atoms with Crippen LogP contribution in [0.15, 0.2) is 0 Å². The highest BCUT2D eigenvalue weighted by molar-refractivity contribution is 5.50. The zero-order valence-corrected chi connectivity index (χ0v) is 11.2. The van der Waals surface area contributed by atoms with Gasteiger partial charge in [-0.15, -0.1) is 0 Å². The summed E-state index contributed by atoms with van der Waals surface area (Å²) in [4.78, 5) is 10.4. The van der Waals surface area contributed by atoms with Crippen LogP contribution in [-0.2, 0) is 9.53 Å². The lowest BCUT2D eigenvalue weighted by Gasteiger charge is -2.26. The minimum atomic E-state index is -0.0631. The smallest absolute Gasteiger partial charge is 0.120 e. The Morgan fingerprint density at radius 3 is 1.94 bits per heavy atom. The zero-order chi connectivity index (χ0) is 13.2. The third-order valence-electron chi connectivity index (χ3n) is 2.17. The first kappa shape index (κ1) is 17.9. The van der Waals surface area contributed by atoms with Crippen molar-refractivity contribution < 1.29 is 14.6 Å². The van der Waals surface area contributed by atoms with E-state index in [0.717, 1.165) is 13.4 Å². The summed E-state index contributed by atoms with van der Waals surface area (Å²) in [5.74, 6) is 0. The fourth-order valence-corrected chi connectivity index (χ4v) is 0.947. The summed E-state index contributed by atoms with van der Waals surface area (Å²) in [5, 5.41) is 7.00. The van der Waals surface area contributed by atoms with E-state index in [1.807, 2.05) is 13.8 Å². The van der Waals surface area contributed by atoms with Crippen molar-refractivity contribution in [2.24, 2.45) is 16.6 Å². The molecule has 0 amide bonds. The number of carbonyl (C=O) groups is 1. The molecule has 0 saturated heterocycles. The van der Waals surface area contributed by atoms with Crippen LogP contribution >= 0.6 is 0 Å². The average Bonchev–Trinajstić information content (AvgIpc) is 2.20. The second kappa shape index (κ2) is 8.67. The number of ether oxygens (including phenoxy) is 1. The van der Waals surface area contributed by atoms with Gasteiger partial charge in [0.25, 0.3) is 0 Å². The van der Waals surface area contributed by atoms with E-state index in [1.165, 1.54) is 0 Å². The molecular formula is C12H27NO3. The second-order valence-corrected chi connectivity index (χ2v) is 5.40. The van der Waals surface area contributed by atoms with E-state index in [-0.39, 0.29) is 10.8 Å². The fraction of sp³-hybridized carbons (Fsp3) is 0.917. The molecular weight excluding hydrogens is 206 g/mol. The van der Waals surface area contributed by atoms with Crippen LogP contribution in [-0.4, -0.2) is 38.3 Å². The number of aldehydes is 1. The Morgan fingerprint density at radius 1 is 1.12 bits per heavy atom. The van der Waals surface area contributed by atoms with Crippen LogP contribution in [0.5, 0.6) is 0 Å². The summed E-state index contributed by atoms with van der Waals surface area (Å²) in [6.07, 6.45) is 1.48. The monoisotopic (exact) mass is 233 g/mol. The van der Waals surface area contributed by atoms with Crippen LogP contribution in [0.25, 0.3) is 0 Å². The van der Waals surface area contributed by atoms with Gasteiger partial charge in [0.1, 0.15) is 6.29 Å². The van der Waals surface area contributed by atoms with Crippen LogP contribution in [0.4, 0.5) is 0 Å². The Labute approximate surface area is 99.2 Å². The number of carbonyl (C=O) groups excluding carboxylic acids is 1. The number of aliphatic hydroxyl groups excluding tert-OH is 1. The van der Waals surface area contributed by atoms with Gasteiger partial charge in [-0.3, -0.25) is 0 Å². The third-order valence-corrected chi connectivity index (χ3v) is 2.17. The molecule has 0 spiro atoms. The predicted octanol–water partition coefficient (Wildman–Crippen LogP) is 1.21. The summed E-state index contributed by atoms with van der Waals surface area (Å²) < 4.78 is 5.57. The molecule has 4 heteroatoms. The number of aliphatic hydroxyl groups is 1. The van der Waals surface area contributed by atoms with Gasteiger partial charge in [0, 0.05) is 18.9 Å². The second-order valence-electron chi connectivity index (χ2n) is 5.40. The van der Waals surface area contributed by atoms with Crippen molar-refractivity contribution >= 4 is 6.29 Å². The summed E-state index contributed by atoms with van der Waals surface area (Å²) in [5.41, 5.74) is 5.54. The van der Waals surface area contributed by atoms with Gasteiger partial charge in [-0.2, -0.15) is 0 Å². The zero-order valence-electron chi connectivity index (χ0n) is 11.2. The lowest BCUT2D eigenvalue weighted by Crippen LogP contribution is -2.31. The number of hydrogen-bond acceptors (Lipinski definition) is 4. The highest BCUT2D eigenvalue weighted by Crippen LogP contribution is 2.21. The van der Waals surface area contributed by atoms with Crippen LogP contribution < -0.4 is 5.73 Å². The molecule has 98 valence electrons. The molecule has 0 aromatic heterocycles. The van der Waals surface area contributed by atoms with Crippen molar-refractivity contribution in [2.45, 2.75) is 34.1 Å². The molecule has 4 nitrogen and oxygen atoms in total. The van der Waals surface area contributed by atoms with Crippen molar-refractivity contribution in [3.63, 3.8) is 0 Å². The van der Waals surface area contributed by atoms with Gasteiger partial charge in [0.05, 0.1) is 13.2 Å². The molecule has 16 heavy (non-hydrogen) atoms. The molecule has 0 aromatic rings. The number of nitrogens with two attached hydrogens (primary N) is 1. The van der Waals surface area contributed by atoms with E-state index in [1.54, 1.807) is 0 Å². The molecule has 0 aliphatic rings. The van der Waals surface area contributed by atoms with Gasteiger partial charge in [-0.05, 0) is 12.0 Å².